The first-order chi connectivity index (χ1) is 21.0. The molecule has 2 aliphatic rings. The normalized spacial score (nSPS) is 19.9. The molecular formula is C33H35F3N4O4. The number of benzene rings is 2. The summed E-state index contributed by atoms with van der Waals surface area (Å²) in [6.45, 7) is 6.26. The fraction of sp³-hybridized carbons (Fsp3) is 0.394. The van der Waals surface area contributed by atoms with Gasteiger partial charge in [0.25, 0.3) is 5.91 Å². The molecule has 1 saturated carbocycles. The lowest BCUT2D eigenvalue weighted by Crippen LogP contribution is -2.42. The molecule has 0 aromatic heterocycles. The van der Waals surface area contributed by atoms with Crippen molar-refractivity contribution in [1.82, 2.24) is 10.2 Å². The van der Waals surface area contributed by atoms with Crippen LogP contribution < -0.4 is 14.8 Å². The molecule has 44 heavy (non-hydrogen) atoms. The van der Waals surface area contributed by atoms with Crippen molar-refractivity contribution in [3.8, 4) is 17.6 Å². The molecule has 1 aliphatic carbocycles. The van der Waals surface area contributed by atoms with E-state index < -0.39 is 17.6 Å². The van der Waals surface area contributed by atoms with Crippen LogP contribution in [0, 0.1) is 11.3 Å². The Balaban J connectivity index is 1.21. The predicted molar refractivity (Wildman–Crippen MR) is 159 cm³/mol. The van der Waals surface area contributed by atoms with Gasteiger partial charge in [0.15, 0.2) is 0 Å². The molecule has 0 spiro atoms. The van der Waals surface area contributed by atoms with Crippen LogP contribution in [0.2, 0.25) is 0 Å². The first-order valence-corrected chi connectivity index (χ1v) is 14.5. The number of aliphatic imine (C=N–C) groups is 1. The van der Waals surface area contributed by atoms with Crippen molar-refractivity contribution in [2.75, 3.05) is 13.1 Å². The molecule has 2 amide bonds. The fourth-order valence-corrected chi connectivity index (χ4v) is 5.20. The first kappa shape index (κ1) is 32.3. The van der Waals surface area contributed by atoms with Crippen molar-refractivity contribution in [2.24, 2.45) is 4.99 Å². The maximum Gasteiger partial charge on any atom is 0.416 e. The Morgan fingerprint density at radius 1 is 0.932 bits per heavy atom. The molecule has 1 aliphatic heterocycles. The number of hydrogen-bond acceptors (Lipinski definition) is 6. The minimum absolute atomic E-state index is 0.0251. The molecule has 2 fully saturated rings. The molecule has 232 valence electrons. The van der Waals surface area contributed by atoms with Crippen LogP contribution in [0.5, 0.6) is 11.5 Å². The highest BCUT2D eigenvalue weighted by Gasteiger charge is 2.30. The molecule has 0 radical (unpaired) electrons. The maximum atomic E-state index is 13.0. The van der Waals surface area contributed by atoms with Crippen LogP contribution in [0.25, 0.3) is 0 Å². The van der Waals surface area contributed by atoms with E-state index in [2.05, 4.69) is 23.1 Å². The number of nitrogens with one attached hydrogen (secondary N) is 1. The second-order valence-electron chi connectivity index (χ2n) is 10.9. The van der Waals surface area contributed by atoms with Gasteiger partial charge in [0.2, 0.25) is 5.91 Å². The topological polar surface area (TPSA) is 104 Å². The lowest BCUT2D eigenvalue weighted by atomic mass is 9.92. The van der Waals surface area contributed by atoms with Crippen LogP contribution in [0.4, 0.5) is 13.2 Å². The zero-order valence-corrected chi connectivity index (χ0v) is 24.5. The Bertz CT molecular complexity index is 1410. The number of ether oxygens (including phenoxy) is 2. The average molecular weight is 609 g/mol. The number of halogens is 3. The highest BCUT2D eigenvalue weighted by Crippen LogP contribution is 2.31. The van der Waals surface area contributed by atoms with E-state index in [-0.39, 0.29) is 29.9 Å². The van der Waals surface area contributed by atoms with Gasteiger partial charge in [0.1, 0.15) is 23.3 Å². The van der Waals surface area contributed by atoms with Crippen LogP contribution in [0.3, 0.4) is 0 Å². The quantitative estimate of drug-likeness (QED) is 0.214. The molecule has 0 atom stereocenters. The van der Waals surface area contributed by atoms with E-state index in [1.807, 2.05) is 0 Å². The summed E-state index contributed by atoms with van der Waals surface area (Å²) in [6.07, 6.45) is 2.37. The molecule has 2 aromatic rings. The smallest absolute Gasteiger partial charge is 0.416 e. The van der Waals surface area contributed by atoms with E-state index in [4.69, 9.17) is 14.7 Å². The van der Waals surface area contributed by atoms with Crippen molar-refractivity contribution in [3.05, 3.63) is 83.1 Å². The average Bonchev–Trinajstić information content (AvgIpc) is 3.02. The lowest BCUT2D eigenvalue weighted by molar-refractivity contribution is -0.137. The van der Waals surface area contributed by atoms with Crippen molar-refractivity contribution in [1.29, 1.82) is 5.26 Å². The molecule has 1 saturated heterocycles. The summed E-state index contributed by atoms with van der Waals surface area (Å²) in [7, 11) is 0. The molecule has 4 rings (SSSR count). The number of likely N-dealkylation sites (tertiary alicyclic amines) is 1. The molecule has 1 N–H and O–H groups in total. The van der Waals surface area contributed by atoms with E-state index >= 15 is 0 Å². The highest BCUT2D eigenvalue weighted by molar-refractivity contribution is 5.96. The summed E-state index contributed by atoms with van der Waals surface area (Å²) in [5.74, 6) is 0.541. The number of piperidine rings is 1. The molecule has 0 unspecified atom stereocenters. The number of nitriles is 1. The molecule has 2 aromatic carbocycles. The first-order valence-electron chi connectivity index (χ1n) is 14.5. The minimum Gasteiger partial charge on any atom is -0.490 e. The number of hydrogen-bond donors (Lipinski definition) is 1. The summed E-state index contributed by atoms with van der Waals surface area (Å²) in [5.41, 5.74) is 0.398. The summed E-state index contributed by atoms with van der Waals surface area (Å²) < 4.78 is 50.2. The van der Waals surface area contributed by atoms with Gasteiger partial charge in [-0.1, -0.05) is 6.08 Å². The van der Waals surface area contributed by atoms with Crippen molar-refractivity contribution >= 4 is 18.5 Å². The molecule has 11 heteroatoms. The zero-order valence-electron chi connectivity index (χ0n) is 24.5. The number of carbonyl (C=O) groups is 2. The lowest BCUT2D eigenvalue weighted by Gasteiger charge is -2.32. The fourth-order valence-electron chi connectivity index (χ4n) is 5.20. The van der Waals surface area contributed by atoms with Crippen molar-refractivity contribution in [2.45, 2.75) is 69.9 Å². The summed E-state index contributed by atoms with van der Waals surface area (Å²) in [4.78, 5) is 31.4. The monoisotopic (exact) mass is 608 g/mol. The second-order valence-corrected chi connectivity index (χ2v) is 10.9. The maximum absolute atomic E-state index is 13.0. The standard InChI is InChI=1S/C33H35F3N4O4/c1-22(32(42)40-19-17-29(18-20-40)44-26-10-4-23(21-37)5-11-26)3-16-30(38-2)31(41)39-25-8-14-28(15-9-25)43-27-12-6-24(7-13-27)33(34,35)36/h3-7,10-13,16,25,28-29H,2,8-9,14-15,17-20H2,1H3,(H,39,41)/b22-3+,30-16-/t25-,28+. The van der Waals surface area contributed by atoms with E-state index in [1.54, 1.807) is 42.2 Å². The molecular weight excluding hydrogens is 573 g/mol. The largest absolute Gasteiger partial charge is 0.490 e. The van der Waals surface area contributed by atoms with Crippen LogP contribution in [-0.2, 0) is 15.8 Å². The van der Waals surface area contributed by atoms with Gasteiger partial charge in [-0.15, -0.1) is 0 Å². The second kappa shape index (κ2) is 14.7. The number of alkyl halides is 3. The van der Waals surface area contributed by atoms with Gasteiger partial charge in [0.05, 0.1) is 23.3 Å². The minimum atomic E-state index is -4.39. The van der Waals surface area contributed by atoms with Gasteiger partial charge in [-0.25, -0.2) is 0 Å². The van der Waals surface area contributed by atoms with Crippen LogP contribution in [0.15, 0.2) is 76.9 Å². The Hall–Kier alpha value is -4.59. The number of amides is 2. The number of allylic oxidation sites excluding steroid dienone is 2. The van der Waals surface area contributed by atoms with Gasteiger partial charge >= 0.3 is 6.18 Å². The summed E-state index contributed by atoms with van der Waals surface area (Å²) >= 11 is 0. The zero-order chi connectivity index (χ0) is 31.7. The number of carbonyl (C=O) groups excluding carboxylic acids is 2. The third kappa shape index (κ3) is 8.96. The number of rotatable bonds is 9. The van der Waals surface area contributed by atoms with E-state index in [1.165, 1.54) is 18.2 Å². The van der Waals surface area contributed by atoms with E-state index in [9.17, 15) is 22.8 Å². The Morgan fingerprint density at radius 2 is 1.48 bits per heavy atom. The Morgan fingerprint density at radius 3 is 2.00 bits per heavy atom. The molecule has 1 heterocycles. The molecule has 0 bridgehead atoms. The SMILES string of the molecule is C=N/C(=C\C=C(/C)C(=O)N1CCC(Oc2ccc(C#N)cc2)CC1)C(=O)N[C@H]1CC[C@@H](Oc2ccc(C(F)(F)F)cc2)CC1. The number of nitrogens with zero attached hydrogens (tertiary/aromatic N) is 3. The van der Waals surface area contributed by atoms with Gasteiger partial charge in [-0.3, -0.25) is 14.6 Å². The highest BCUT2D eigenvalue weighted by atomic mass is 19.4. The van der Waals surface area contributed by atoms with Crippen LogP contribution in [0.1, 0.15) is 56.6 Å². The van der Waals surface area contributed by atoms with Crippen molar-refractivity contribution in [3.63, 3.8) is 0 Å². The third-order valence-corrected chi connectivity index (χ3v) is 7.74. The van der Waals surface area contributed by atoms with E-state index in [0.29, 0.717) is 74.3 Å². The van der Waals surface area contributed by atoms with Crippen LogP contribution >= 0.6 is 0 Å². The van der Waals surface area contributed by atoms with E-state index in [0.717, 1.165) is 12.1 Å². The Kier molecular flexibility index (Phi) is 10.8. The van der Waals surface area contributed by atoms with Gasteiger partial charge in [-0.05, 0) is 93.9 Å². The third-order valence-electron chi connectivity index (χ3n) is 7.74. The van der Waals surface area contributed by atoms with Crippen molar-refractivity contribution < 1.29 is 32.2 Å². The summed E-state index contributed by atoms with van der Waals surface area (Å²) in [6, 6.07) is 13.5. The molecule has 8 nitrogen and oxygen atoms in total. The predicted octanol–water partition coefficient (Wildman–Crippen LogP) is 5.98. The van der Waals surface area contributed by atoms with Gasteiger partial charge in [-0.2, -0.15) is 18.4 Å². The van der Waals surface area contributed by atoms with Crippen LogP contribution in [-0.4, -0.2) is 54.8 Å². The Labute approximate surface area is 254 Å². The van der Waals surface area contributed by atoms with Gasteiger partial charge in [0, 0.05) is 37.5 Å². The van der Waals surface area contributed by atoms with Gasteiger partial charge < -0.3 is 19.7 Å². The summed E-state index contributed by atoms with van der Waals surface area (Å²) in [5, 5.41) is 11.9.